The maximum atomic E-state index is 12.5. The molecule has 1 aromatic heterocycles. The zero-order valence-electron chi connectivity index (χ0n) is 13.9. The van der Waals surface area contributed by atoms with Crippen LogP contribution in [0.25, 0.3) is 10.2 Å². The molecule has 0 saturated carbocycles. The van der Waals surface area contributed by atoms with Crippen molar-refractivity contribution in [2.24, 2.45) is 0 Å². The van der Waals surface area contributed by atoms with Crippen molar-refractivity contribution in [2.75, 3.05) is 4.72 Å². The number of fused-ring (bicyclic) bond motifs is 1. The lowest BCUT2D eigenvalue weighted by Crippen LogP contribution is -2.14. The molecule has 2 aromatic carbocycles. The second kappa shape index (κ2) is 6.54. The summed E-state index contributed by atoms with van der Waals surface area (Å²) in [6.45, 7) is 3.80. The van der Waals surface area contributed by atoms with Crippen molar-refractivity contribution in [1.29, 1.82) is 0 Å². The van der Waals surface area contributed by atoms with E-state index in [1.165, 1.54) is 12.1 Å². The van der Waals surface area contributed by atoms with Gasteiger partial charge in [0.15, 0.2) is 0 Å². The summed E-state index contributed by atoms with van der Waals surface area (Å²) >= 11 is 1.05. The number of sulfonamides is 1. The fourth-order valence-electron chi connectivity index (χ4n) is 2.55. The molecule has 0 aliphatic rings. The predicted molar refractivity (Wildman–Crippen MR) is 100 cm³/mol. The summed E-state index contributed by atoms with van der Waals surface area (Å²) in [6, 6.07) is 9.48. The molecular weight excluding hydrogens is 378 g/mol. The number of rotatable bonds is 5. The van der Waals surface area contributed by atoms with Crippen LogP contribution in [-0.4, -0.2) is 17.9 Å². The number of thiazole rings is 1. The molecule has 0 atom stereocenters. The van der Waals surface area contributed by atoms with E-state index in [0.717, 1.165) is 29.0 Å². The van der Waals surface area contributed by atoms with E-state index >= 15 is 0 Å². The Kier molecular flexibility index (Phi) is 4.55. The Morgan fingerprint density at radius 3 is 2.38 bits per heavy atom. The van der Waals surface area contributed by atoms with Gasteiger partial charge in [-0.2, -0.15) is 0 Å². The molecule has 0 radical (unpaired) electrons. The van der Waals surface area contributed by atoms with Gasteiger partial charge in [0.05, 0.1) is 25.7 Å². The van der Waals surface area contributed by atoms with Gasteiger partial charge in [0, 0.05) is 18.2 Å². The lowest BCUT2D eigenvalue weighted by atomic mass is 10.3. The van der Waals surface area contributed by atoms with Crippen LogP contribution in [0.5, 0.6) is 0 Å². The molecule has 3 aromatic rings. The smallest absolute Gasteiger partial charge is 0.296 e. The van der Waals surface area contributed by atoms with Crippen LogP contribution in [-0.2, 0) is 10.0 Å². The zero-order valence-corrected chi connectivity index (χ0v) is 15.5. The molecule has 3 rings (SSSR count). The molecule has 1 N–H and O–H groups in total. The maximum Gasteiger partial charge on any atom is 0.308 e. The lowest BCUT2D eigenvalue weighted by Gasteiger charge is -2.10. The van der Waals surface area contributed by atoms with Crippen molar-refractivity contribution < 1.29 is 13.3 Å². The molecule has 0 fully saturated rings. The molecule has 8 nitrogen and oxygen atoms in total. The van der Waals surface area contributed by atoms with Crippen LogP contribution in [0, 0.1) is 10.1 Å². The van der Waals surface area contributed by atoms with Crippen LogP contribution in [0.4, 0.5) is 11.4 Å². The van der Waals surface area contributed by atoms with E-state index in [-0.39, 0.29) is 21.5 Å². The van der Waals surface area contributed by atoms with Crippen LogP contribution >= 0.6 is 11.3 Å². The lowest BCUT2D eigenvalue weighted by molar-refractivity contribution is -0.384. The molecule has 10 heteroatoms. The number of benzene rings is 2. The van der Waals surface area contributed by atoms with E-state index < -0.39 is 14.9 Å². The van der Waals surface area contributed by atoms with Crippen LogP contribution in [0.3, 0.4) is 0 Å². The molecule has 0 spiro atoms. The van der Waals surface area contributed by atoms with Gasteiger partial charge in [-0.3, -0.25) is 24.2 Å². The Labute approximate surface area is 152 Å². The standard InChI is InChI=1S/C16H15N3O5S2/c1-10(2)18-14-8-3-11(9-15(14)25-16(18)20)17-26(23,24)13-6-4-12(5-7-13)19(21)22/h3-10,17H,1-2H3. The third-order valence-corrected chi connectivity index (χ3v) is 6.06. The quantitative estimate of drug-likeness (QED) is 0.528. The Bertz CT molecular complexity index is 1140. The number of nitro groups is 1. The van der Waals surface area contributed by atoms with Crippen LogP contribution in [0.2, 0.25) is 0 Å². The number of hydrogen-bond donors (Lipinski definition) is 1. The summed E-state index contributed by atoms with van der Waals surface area (Å²) in [7, 11) is -3.90. The minimum absolute atomic E-state index is 0.00102. The zero-order chi connectivity index (χ0) is 19.1. The first-order valence-electron chi connectivity index (χ1n) is 7.61. The first-order chi connectivity index (χ1) is 12.2. The minimum Gasteiger partial charge on any atom is -0.296 e. The maximum absolute atomic E-state index is 12.5. The van der Waals surface area contributed by atoms with E-state index in [0.29, 0.717) is 10.4 Å². The average Bonchev–Trinajstić information content (AvgIpc) is 2.89. The molecule has 136 valence electrons. The van der Waals surface area contributed by atoms with Gasteiger partial charge in [-0.1, -0.05) is 11.3 Å². The molecule has 1 heterocycles. The first kappa shape index (κ1) is 18.1. The number of aromatic nitrogens is 1. The Morgan fingerprint density at radius 2 is 1.81 bits per heavy atom. The molecule has 0 bridgehead atoms. The third-order valence-electron chi connectivity index (χ3n) is 3.74. The monoisotopic (exact) mass is 393 g/mol. The van der Waals surface area contributed by atoms with Crippen molar-refractivity contribution in [3.8, 4) is 0 Å². The summed E-state index contributed by atoms with van der Waals surface area (Å²) in [4.78, 5) is 22.0. The van der Waals surface area contributed by atoms with Crippen molar-refractivity contribution in [2.45, 2.75) is 24.8 Å². The highest BCUT2D eigenvalue weighted by Crippen LogP contribution is 2.26. The van der Waals surface area contributed by atoms with Gasteiger partial charge in [-0.25, -0.2) is 8.42 Å². The number of hydrogen-bond acceptors (Lipinski definition) is 6. The van der Waals surface area contributed by atoms with Crippen molar-refractivity contribution >= 4 is 43.0 Å². The second-order valence-electron chi connectivity index (χ2n) is 5.87. The van der Waals surface area contributed by atoms with Gasteiger partial charge in [0.25, 0.3) is 15.7 Å². The van der Waals surface area contributed by atoms with Crippen molar-refractivity contribution in [1.82, 2.24) is 4.57 Å². The molecule has 0 unspecified atom stereocenters. The van der Waals surface area contributed by atoms with Gasteiger partial charge in [-0.15, -0.1) is 0 Å². The predicted octanol–water partition coefficient (Wildman–Crippen LogP) is 3.35. The van der Waals surface area contributed by atoms with Crippen LogP contribution < -0.4 is 9.60 Å². The van der Waals surface area contributed by atoms with Gasteiger partial charge in [0.1, 0.15) is 0 Å². The number of nitro benzene ring substituents is 1. The molecule has 0 amide bonds. The average molecular weight is 393 g/mol. The van der Waals surface area contributed by atoms with Crippen LogP contribution in [0.1, 0.15) is 19.9 Å². The number of anilines is 1. The van der Waals surface area contributed by atoms with Crippen LogP contribution in [0.15, 0.2) is 52.2 Å². The highest BCUT2D eigenvalue weighted by Gasteiger charge is 2.17. The van der Waals surface area contributed by atoms with E-state index in [1.54, 1.807) is 22.8 Å². The van der Waals surface area contributed by atoms with E-state index in [2.05, 4.69) is 4.72 Å². The minimum atomic E-state index is -3.90. The first-order valence-corrected chi connectivity index (χ1v) is 9.91. The summed E-state index contributed by atoms with van der Waals surface area (Å²) < 4.78 is 29.7. The Balaban J connectivity index is 1.94. The van der Waals surface area contributed by atoms with Gasteiger partial charge >= 0.3 is 4.87 Å². The van der Waals surface area contributed by atoms with E-state index in [9.17, 15) is 23.3 Å². The Hall–Kier alpha value is -2.72. The second-order valence-corrected chi connectivity index (χ2v) is 8.55. The molecule has 26 heavy (non-hydrogen) atoms. The van der Waals surface area contributed by atoms with Crippen molar-refractivity contribution in [3.05, 3.63) is 62.2 Å². The largest absolute Gasteiger partial charge is 0.308 e. The molecule has 0 aliphatic heterocycles. The highest BCUT2D eigenvalue weighted by atomic mass is 32.2. The summed E-state index contributed by atoms with van der Waals surface area (Å²) in [6.07, 6.45) is 0. The molecule has 0 saturated heterocycles. The summed E-state index contributed by atoms with van der Waals surface area (Å²) in [5.41, 5.74) is 0.867. The van der Waals surface area contributed by atoms with Gasteiger partial charge < -0.3 is 0 Å². The summed E-state index contributed by atoms with van der Waals surface area (Å²) in [5.74, 6) is 0. The molecule has 0 aliphatic carbocycles. The topological polar surface area (TPSA) is 111 Å². The van der Waals surface area contributed by atoms with E-state index in [1.807, 2.05) is 13.8 Å². The fraction of sp³-hybridized carbons (Fsp3) is 0.188. The SMILES string of the molecule is CC(C)n1c(=O)sc2cc(NS(=O)(=O)c3ccc([N+](=O)[O-])cc3)ccc21. The number of nitrogens with zero attached hydrogens (tertiary/aromatic N) is 2. The van der Waals surface area contributed by atoms with Gasteiger partial charge in [0.2, 0.25) is 0 Å². The highest BCUT2D eigenvalue weighted by molar-refractivity contribution is 7.92. The van der Waals surface area contributed by atoms with E-state index in [4.69, 9.17) is 0 Å². The Morgan fingerprint density at radius 1 is 1.15 bits per heavy atom. The fourth-order valence-corrected chi connectivity index (χ4v) is 4.65. The molecular formula is C16H15N3O5S2. The third kappa shape index (κ3) is 3.33. The summed E-state index contributed by atoms with van der Waals surface area (Å²) in [5, 5.41) is 10.7. The number of nitrogens with one attached hydrogen (secondary N) is 1. The normalized spacial score (nSPS) is 11.8. The van der Waals surface area contributed by atoms with Gasteiger partial charge in [-0.05, 0) is 44.2 Å². The van der Waals surface area contributed by atoms with Crippen molar-refractivity contribution in [3.63, 3.8) is 0 Å². The number of non-ortho nitro benzene ring substituents is 1.